The fourth-order valence-electron chi connectivity index (χ4n) is 3.39. The highest BCUT2D eigenvalue weighted by molar-refractivity contribution is 7.80. The van der Waals surface area contributed by atoms with E-state index in [9.17, 15) is 14.9 Å². The molecular formula is C20H21ClN4O4S. The van der Waals surface area contributed by atoms with Crippen molar-refractivity contribution >= 4 is 40.5 Å². The molecule has 10 heteroatoms. The smallest absolute Gasteiger partial charge is 0.281 e. The normalized spacial score (nSPS) is 16.1. The molecular weight excluding hydrogens is 428 g/mol. The van der Waals surface area contributed by atoms with Crippen LogP contribution in [0, 0.1) is 10.1 Å². The molecule has 2 N–H and O–H groups in total. The summed E-state index contributed by atoms with van der Waals surface area (Å²) in [5, 5.41) is 18.1. The van der Waals surface area contributed by atoms with E-state index < -0.39 is 11.0 Å². The van der Waals surface area contributed by atoms with E-state index in [-0.39, 0.29) is 16.6 Å². The van der Waals surface area contributed by atoms with Crippen molar-refractivity contribution < 1.29 is 14.1 Å². The minimum atomic E-state index is -0.619. The number of rotatable bonds is 6. The molecule has 158 valence electrons. The summed E-state index contributed by atoms with van der Waals surface area (Å²) in [5.74, 6) is 0.584. The van der Waals surface area contributed by atoms with Crippen LogP contribution in [0.1, 0.15) is 32.6 Å². The van der Waals surface area contributed by atoms with Gasteiger partial charge in [0.2, 0.25) is 0 Å². The fraction of sp³-hybridized carbons (Fsp3) is 0.300. The zero-order valence-electron chi connectivity index (χ0n) is 16.7. The number of hydrogen-bond donors (Lipinski definition) is 2. The van der Waals surface area contributed by atoms with Crippen LogP contribution in [0.5, 0.6) is 0 Å². The quantitative estimate of drug-likeness (QED) is 0.388. The van der Waals surface area contributed by atoms with Crippen molar-refractivity contribution in [3.8, 4) is 11.3 Å². The van der Waals surface area contributed by atoms with Crippen molar-refractivity contribution in [1.82, 2.24) is 15.5 Å². The molecule has 1 amide bonds. The molecule has 0 unspecified atom stereocenters. The van der Waals surface area contributed by atoms with Crippen LogP contribution in [0.15, 0.2) is 46.0 Å². The summed E-state index contributed by atoms with van der Waals surface area (Å²) in [7, 11) is 0. The van der Waals surface area contributed by atoms with Crippen LogP contribution in [0.2, 0.25) is 5.02 Å². The van der Waals surface area contributed by atoms with Crippen LogP contribution in [0.25, 0.3) is 11.3 Å². The summed E-state index contributed by atoms with van der Waals surface area (Å²) >= 11 is 11.2. The fourth-order valence-corrected chi connectivity index (χ4v) is 3.83. The number of furan rings is 1. The third-order valence-corrected chi connectivity index (χ3v) is 5.34. The Labute approximate surface area is 184 Å². The highest BCUT2D eigenvalue weighted by atomic mass is 35.5. The Morgan fingerprint density at radius 3 is 2.63 bits per heavy atom. The Balaban J connectivity index is 2.05. The van der Waals surface area contributed by atoms with Gasteiger partial charge in [-0.25, -0.2) is 0 Å². The summed E-state index contributed by atoms with van der Waals surface area (Å²) in [6.07, 6.45) is 0. The lowest BCUT2D eigenvalue weighted by Crippen LogP contribution is -2.47. The number of hydrogen-bond acceptors (Lipinski definition) is 5. The molecule has 1 aromatic heterocycles. The number of likely N-dealkylation sites (N-methyl/N-ethyl adjacent to an activating group) is 1. The molecule has 0 aliphatic carbocycles. The lowest BCUT2D eigenvalue weighted by molar-refractivity contribution is -0.384. The zero-order chi connectivity index (χ0) is 22.0. The molecule has 0 fully saturated rings. The third kappa shape index (κ3) is 4.17. The number of allylic oxidation sites excluding steroid dienone is 1. The van der Waals surface area contributed by atoms with Gasteiger partial charge in [0.25, 0.3) is 11.6 Å². The monoisotopic (exact) mass is 448 g/mol. The van der Waals surface area contributed by atoms with Crippen LogP contribution >= 0.6 is 23.8 Å². The number of nitro groups is 1. The molecule has 1 aliphatic rings. The summed E-state index contributed by atoms with van der Waals surface area (Å²) in [4.78, 5) is 25.7. The van der Waals surface area contributed by atoms with Gasteiger partial charge >= 0.3 is 0 Å². The molecule has 0 bridgehead atoms. The molecule has 8 nitrogen and oxygen atoms in total. The van der Waals surface area contributed by atoms with Gasteiger partial charge in [0.1, 0.15) is 17.6 Å². The first-order valence-electron chi connectivity index (χ1n) is 9.38. The molecule has 1 atom stereocenters. The maximum Gasteiger partial charge on any atom is 0.281 e. The summed E-state index contributed by atoms with van der Waals surface area (Å²) < 4.78 is 5.96. The largest absolute Gasteiger partial charge is 0.458 e. The minimum Gasteiger partial charge on any atom is -0.458 e. The van der Waals surface area contributed by atoms with Gasteiger partial charge in [0.15, 0.2) is 5.11 Å². The van der Waals surface area contributed by atoms with Gasteiger partial charge in [0, 0.05) is 29.9 Å². The zero-order valence-corrected chi connectivity index (χ0v) is 18.3. The molecule has 0 saturated carbocycles. The Morgan fingerprint density at radius 2 is 2.00 bits per heavy atom. The first kappa shape index (κ1) is 21.8. The van der Waals surface area contributed by atoms with Crippen molar-refractivity contribution in [2.75, 3.05) is 13.1 Å². The summed E-state index contributed by atoms with van der Waals surface area (Å²) in [6.45, 7) is 6.72. The molecule has 1 aliphatic heterocycles. The second-order valence-electron chi connectivity index (χ2n) is 6.67. The number of carbonyl (C=O) groups excluding carboxylic acids is 1. The topological polar surface area (TPSA) is 101 Å². The van der Waals surface area contributed by atoms with Gasteiger partial charge in [-0.15, -0.1) is 0 Å². The van der Waals surface area contributed by atoms with E-state index in [1.807, 2.05) is 13.8 Å². The second kappa shape index (κ2) is 8.85. The molecule has 0 saturated heterocycles. The molecule has 0 spiro atoms. The van der Waals surface area contributed by atoms with Crippen molar-refractivity contribution in [2.45, 2.75) is 26.8 Å². The Morgan fingerprint density at radius 1 is 1.30 bits per heavy atom. The van der Waals surface area contributed by atoms with Crippen molar-refractivity contribution in [1.29, 1.82) is 0 Å². The number of amides is 1. The van der Waals surface area contributed by atoms with E-state index in [0.717, 1.165) is 0 Å². The Hall–Kier alpha value is -2.91. The number of carbonyl (C=O) groups is 1. The van der Waals surface area contributed by atoms with E-state index in [2.05, 4.69) is 10.6 Å². The van der Waals surface area contributed by atoms with Crippen molar-refractivity contribution in [3.05, 3.63) is 62.5 Å². The number of nitrogens with zero attached hydrogens (tertiary/aromatic N) is 2. The summed E-state index contributed by atoms with van der Waals surface area (Å²) in [5.41, 5.74) is 1.25. The van der Waals surface area contributed by atoms with Gasteiger partial charge in [-0.05, 0) is 57.3 Å². The summed E-state index contributed by atoms with van der Waals surface area (Å²) in [6, 6.07) is 7.06. The first-order valence-corrected chi connectivity index (χ1v) is 10.2. The predicted octanol–water partition coefficient (Wildman–Crippen LogP) is 4.17. The van der Waals surface area contributed by atoms with Crippen LogP contribution in [-0.4, -0.2) is 33.9 Å². The predicted molar refractivity (Wildman–Crippen MR) is 118 cm³/mol. The standard InChI is InChI=1S/C20H21ClN4O4S/c1-4-24(5-2)19(26)17-11(3)22-20(30)23-18(17)16-9-8-15(29-16)13-7-6-12(21)10-14(13)25(27)28/h6-10,18H,4-5H2,1-3H3,(H2,22,23,30)/t18-/m0/s1. The lowest BCUT2D eigenvalue weighted by Gasteiger charge is -2.31. The van der Waals surface area contributed by atoms with Crippen molar-refractivity contribution in [3.63, 3.8) is 0 Å². The van der Waals surface area contributed by atoms with Gasteiger partial charge in [-0.1, -0.05) is 11.6 Å². The maximum absolute atomic E-state index is 13.1. The number of benzene rings is 1. The molecule has 30 heavy (non-hydrogen) atoms. The minimum absolute atomic E-state index is 0.138. The van der Waals surface area contributed by atoms with Gasteiger partial charge in [-0.3, -0.25) is 14.9 Å². The number of halogens is 1. The van der Waals surface area contributed by atoms with Crippen LogP contribution in [-0.2, 0) is 4.79 Å². The van der Waals surface area contributed by atoms with Crippen molar-refractivity contribution in [2.24, 2.45) is 0 Å². The first-order chi connectivity index (χ1) is 14.3. The van der Waals surface area contributed by atoms with E-state index >= 15 is 0 Å². The highest BCUT2D eigenvalue weighted by Gasteiger charge is 2.34. The van der Waals surface area contributed by atoms with Crippen LogP contribution in [0.4, 0.5) is 5.69 Å². The number of nitrogens with one attached hydrogen (secondary N) is 2. The Bertz CT molecular complexity index is 1050. The lowest BCUT2D eigenvalue weighted by atomic mass is 9.99. The van der Waals surface area contributed by atoms with Crippen LogP contribution < -0.4 is 10.6 Å². The number of nitro benzene ring substituents is 1. The third-order valence-electron chi connectivity index (χ3n) is 4.88. The van der Waals surface area contributed by atoms with Gasteiger partial charge < -0.3 is 20.0 Å². The van der Waals surface area contributed by atoms with E-state index in [1.54, 1.807) is 30.0 Å². The van der Waals surface area contributed by atoms with Gasteiger partial charge in [-0.2, -0.15) is 0 Å². The molecule has 2 aromatic rings. The SMILES string of the molecule is CCN(CC)C(=O)C1=C(C)NC(=S)N[C@H]1c1ccc(-c2ccc(Cl)cc2[N+](=O)[O-])o1. The molecule has 2 heterocycles. The average molecular weight is 449 g/mol. The van der Waals surface area contributed by atoms with E-state index in [1.165, 1.54) is 12.1 Å². The molecule has 3 rings (SSSR count). The van der Waals surface area contributed by atoms with Gasteiger partial charge in [0.05, 0.1) is 16.1 Å². The average Bonchev–Trinajstić information content (AvgIpc) is 3.18. The second-order valence-corrected chi connectivity index (χ2v) is 7.51. The van der Waals surface area contributed by atoms with Crippen LogP contribution in [0.3, 0.4) is 0 Å². The molecule has 1 aromatic carbocycles. The Kier molecular flexibility index (Phi) is 6.42. The van der Waals surface area contributed by atoms with E-state index in [0.29, 0.717) is 46.6 Å². The molecule has 0 radical (unpaired) electrons. The maximum atomic E-state index is 13.1. The highest BCUT2D eigenvalue weighted by Crippen LogP contribution is 2.36. The van der Waals surface area contributed by atoms with E-state index in [4.69, 9.17) is 28.2 Å². The number of thiocarbonyl (C=S) groups is 1.